The number of hydrogen-bond donors (Lipinski definition) is 1. The first-order chi connectivity index (χ1) is 17.6. The molecule has 8 heteroatoms. The van der Waals surface area contributed by atoms with E-state index in [1.54, 1.807) is 36.7 Å². The second-order valence-electron chi connectivity index (χ2n) is 8.00. The zero-order chi connectivity index (χ0) is 25.2. The van der Waals surface area contributed by atoms with Gasteiger partial charge >= 0.3 is 5.97 Å². The standard InChI is InChI=1S/C28H27N3O5/c1-31-17-16-29-28(31)27(22-10-6-3-7-11-22)30-25(32)19-36-26(33)20-35-24-14-12-23(13-15-24)34-18-21-8-4-2-5-9-21/h2-17,27H,18-20H2,1H3,(H,30,32). The normalized spacial score (nSPS) is 11.4. The SMILES string of the molecule is Cn1ccnc1C(NC(=O)COC(=O)COc1ccc(OCc2ccccc2)cc1)c1ccccc1. The zero-order valence-corrected chi connectivity index (χ0v) is 19.9. The molecule has 0 aliphatic heterocycles. The molecular weight excluding hydrogens is 458 g/mol. The van der Waals surface area contributed by atoms with Crippen molar-refractivity contribution in [1.29, 1.82) is 0 Å². The lowest BCUT2D eigenvalue weighted by Gasteiger charge is -2.19. The van der Waals surface area contributed by atoms with Crippen molar-refractivity contribution in [2.24, 2.45) is 7.05 Å². The molecule has 8 nitrogen and oxygen atoms in total. The van der Waals surface area contributed by atoms with Crippen LogP contribution in [0.4, 0.5) is 0 Å². The molecule has 184 valence electrons. The first-order valence-corrected chi connectivity index (χ1v) is 11.5. The van der Waals surface area contributed by atoms with Crippen molar-refractivity contribution in [1.82, 2.24) is 14.9 Å². The molecule has 3 aromatic carbocycles. The van der Waals surface area contributed by atoms with Crippen molar-refractivity contribution < 1.29 is 23.8 Å². The molecule has 0 spiro atoms. The van der Waals surface area contributed by atoms with Gasteiger partial charge in [0.25, 0.3) is 5.91 Å². The summed E-state index contributed by atoms with van der Waals surface area (Å²) in [6.45, 7) is -0.290. The number of aromatic nitrogens is 2. The van der Waals surface area contributed by atoms with Gasteiger partial charge in [-0.15, -0.1) is 0 Å². The molecular formula is C28H27N3O5. The van der Waals surface area contributed by atoms with Crippen molar-refractivity contribution in [2.45, 2.75) is 12.6 Å². The van der Waals surface area contributed by atoms with Crippen LogP contribution in [-0.2, 0) is 28.0 Å². The second-order valence-corrected chi connectivity index (χ2v) is 8.00. The van der Waals surface area contributed by atoms with Gasteiger partial charge in [0.1, 0.15) is 30.0 Å². The van der Waals surface area contributed by atoms with Gasteiger partial charge in [-0.1, -0.05) is 60.7 Å². The molecule has 4 rings (SSSR count). The largest absolute Gasteiger partial charge is 0.489 e. The third-order valence-corrected chi connectivity index (χ3v) is 5.35. The lowest BCUT2D eigenvalue weighted by atomic mass is 10.1. The van der Waals surface area contributed by atoms with Crippen LogP contribution in [0.1, 0.15) is 23.0 Å². The molecule has 4 aromatic rings. The molecule has 0 saturated heterocycles. The summed E-state index contributed by atoms with van der Waals surface area (Å²) >= 11 is 0. The summed E-state index contributed by atoms with van der Waals surface area (Å²) in [5.41, 5.74) is 1.94. The monoisotopic (exact) mass is 485 g/mol. The Morgan fingerprint density at radius 2 is 1.50 bits per heavy atom. The fraction of sp³-hybridized carbons (Fsp3) is 0.179. The van der Waals surface area contributed by atoms with Crippen LogP contribution >= 0.6 is 0 Å². The van der Waals surface area contributed by atoms with Gasteiger partial charge in [0.2, 0.25) is 0 Å². The van der Waals surface area contributed by atoms with E-state index in [0.29, 0.717) is 23.9 Å². The molecule has 1 atom stereocenters. The van der Waals surface area contributed by atoms with Crippen LogP contribution in [0.5, 0.6) is 11.5 Å². The van der Waals surface area contributed by atoms with Crippen LogP contribution in [0.15, 0.2) is 97.3 Å². The molecule has 0 aliphatic rings. The number of hydrogen-bond acceptors (Lipinski definition) is 6. The second kappa shape index (κ2) is 12.2. The van der Waals surface area contributed by atoms with E-state index in [9.17, 15) is 9.59 Å². The summed E-state index contributed by atoms with van der Waals surface area (Å²) in [4.78, 5) is 29.0. The minimum absolute atomic E-state index is 0.320. The van der Waals surface area contributed by atoms with Crippen LogP contribution in [0, 0.1) is 0 Å². The van der Waals surface area contributed by atoms with E-state index in [4.69, 9.17) is 14.2 Å². The van der Waals surface area contributed by atoms with Crippen LogP contribution in [-0.4, -0.2) is 34.6 Å². The summed E-state index contributed by atoms with van der Waals surface area (Å²) in [7, 11) is 1.85. The Morgan fingerprint density at radius 1 is 0.861 bits per heavy atom. The lowest BCUT2D eigenvalue weighted by Crippen LogP contribution is -2.34. The quantitative estimate of drug-likeness (QED) is 0.325. The lowest BCUT2D eigenvalue weighted by molar-refractivity contribution is -0.150. The van der Waals surface area contributed by atoms with E-state index >= 15 is 0 Å². The summed E-state index contributed by atoms with van der Waals surface area (Å²) in [5.74, 6) is 0.747. The maximum Gasteiger partial charge on any atom is 0.344 e. The molecule has 0 fully saturated rings. The average molecular weight is 486 g/mol. The third-order valence-electron chi connectivity index (χ3n) is 5.35. The van der Waals surface area contributed by atoms with Crippen molar-refractivity contribution in [3.05, 3.63) is 114 Å². The Balaban J connectivity index is 1.22. The van der Waals surface area contributed by atoms with E-state index in [1.807, 2.05) is 72.3 Å². The number of rotatable bonds is 11. The molecule has 0 bridgehead atoms. The number of amides is 1. The van der Waals surface area contributed by atoms with Crippen LogP contribution in [0.3, 0.4) is 0 Å². The van der Waals surface area contributed by atoms with Crippen LogP contribution in [0.2, 0.25) is 0 Å². The highest BCUT2D eigenvalue weighted by molar-refractivity contribution is 5.81. The molecule has 36 heavy (non-hydrogen) atoms. The average Bonchev–Trinajstić information content (AvgIpc) is 3.35. The molecule has 0 saturated carbocycles. The molecule has 1 N–H and O–H groups in total. The number of nitrogens with one attached hydrogen (secondary N) is 1. The minimum Gasteiger partial charge on any atom is -0.489 e. The van der Waals surface area contributed by atoms with Crippen molar-refractivity contribution >= 4 is 11.9 Å². The highest BCUT2D eigenvalue weighted by atomic mass is 16.6. The zero-order valence-electron chi connectivity index (χ0n) is 19.9. The van der Waals surface area contributed by atoms with E-state index < -0.39 is 24.5 Å². The Bertz CT molecular complexity index is 1260. The predicted molar refractivity (Wildman–Crippen MR) is 133 cm³/mol. The molecule has 1 heterocycles. The summed E-state index contributed by atoms with van der Waals surface area (Å²) in [5, 5.41) is 2.88. The molecule has 1 amide bonds. The topological polar surface area (TPSA) is 91.7 Å². The fourth-order valence-electron chi connectivity index (χ4n) is 3.50. The third kappa shape index (κ3) is 6.96. The summed E-state index contributed by atoms with van der Waals surface area (Å²) in [6.07, 6.45) is 3.47. The van der Waals surface area contributed by atoms with Gasteiger partial charge in [-0.25, -0.2) is 9.78 Å². The highest BCUT2D eigenvalue weighted by Crippen LogP contribution is 2.20. The Labute approximate surface area is 209 Å². The number of carbonyl (C=O) groups is 2. The first kappa shape index (κ1) is 24.5. The van der Waals surface area contributed by atoms with Crippen LogP contribution in [0.25, 0.3) is 0 Å². The smallest absolute Gasteiger partial charge is 0.344 e. The number of ether oxygens (including phenoxy) is 3. The number of benzene rings is 3. The van der Waals surface area contributed by atoms with Crippen LogP contribution < -0.4 is 14.8 Å². The van der Waals surface area contributed by atoms with Crippen molar-refractivity contribution in [2.75, 3.05) is 13.2 Å². The molecule has 0 radical (unpaired) electrons. The summed E-state index contributed by atoms with van der Waals surface area (Å²) in [6, 6.07) is 25.8. The Hall–Kier alpha value is -4.59. The van der Waals surface area contributed by atoms with Gasteiger partial charge in [0, 0.05) is 19.4 Å². The Kier molecular flexibility index (Phi) is 8.32. The van der Waals surface area contributed by atoms with Crippen molar-refractivity contribution in [3.8, 4) is 11.5 Å². The van der Waals surface area contributed by atoms with E-state index in [0.717, 1.165) is 11.1 Å². The highest BCUT2D eigenvalue weighted by Gasteiger charge is 2.21. The first-order valence-electron chi connectivity index (χ1n) is 11.5. The van der Waals surface area contributed by atoms with Gasteiger partial charge in [-0.2, -0.15) is 0 Å². The fourth-order valence-corrected chi connectivity index (χ4v) is 3.50. The Morgan fingerprint density at radius 3 is 2.14 bits per heavy atom. The van der Waals surface area contributed by atoms with Gasteiger partial charge < -0.3 is 24.1 Å². The maximum absolute atomic E-state index is 12.5. The van der Waals surface area contributed by atoms with Gasteiger partial charge in [0.05, 0.1) is 0 Å². The van der Waals surface area contributed by atoms with E-state index in [-0.39, 0.29) is 6.61 Å². The predicted octanol–water partition coefficient (Wildman–Crippen LogP) is 3.83. The summed E-state index contributed by atoms with van der Waals surface area (Å²) < 4.78 is 18.1. The van der Waals surface area contributed by atoms with E-state index in [2.05, 4.69) is 10.3 Å². The number of esters is 1. The van der Waals surface area contributed by atoms with E-state index in [1.165, 1.54) is 0 Å². The maximum atomic E-state index is 12.5. The molecule has 0 aliphatic carbocycles. The number of carbonyl (C=O) groups excluding carboxylic acids is 2. The molecule has 1 unspecified atom stereocenters. The number of aryl methyl sites for hydroxylation is 1. The minimum atomic E-state index is -0.650. The number of imidazole rings is 1. The van der Waals surface area contributed by atoms with Gasteiger partial charge in [0.15, 0.2) is 13.2 Å². The van der Waals surface area contributed by atoms with Gasteiger partial charge in [-0.05, 0) is 35.4 Å². The molecule has 1 aromatic heterocycles. The number of nitrogens with zero attached hydrogens (tertiary/aromatic N) is 2. The van der Waals surface area contributed by atoms with Gasteiger partial charge in [-0.3, -0.25) is 4.79 Å². The van der Waals surface area contributed by atoms with Crippen molar-refractivity contribution in [3.63, 3.8) is 0 Å².